The van der Waals surface area contributed by atoms with Gasteiger partial charge < -0.3 is 10.0 Å². The monoisotopic (exact) mass is 371 g/mol. The number of thiophene rings is 1. The molecule has 0 unspecified atom stereocenters. The van der Waals surface area contributed by atoms with Crippen LogP contribution in [0.3, 0.4) is 0 Å². The number of nitrogens with zero attached hydrogens (tertiary/aromatic N) is 5. The summed E-state index contributed by atoms with van der Waals surface area (Å²) in [6.07, 6.45) is 0.577. The fourth-order valence-electron chi connectivity index (χ4n) is 3.31. The molecule has 3 aromatic heterocycles. The van der Waals surface area contributed by atoms with Gasteiger partial charge in [-0.15, -0.1) is 11.3 Å². The lowest BCUT2D eigenvalue weighted by molar-refractivity contribution is 0.0671. The standard InChI is InChI=1S/C17H17N5O3S/c1-20-12-5-6-22(9-10(12)15(19-20)17(24)25)16(23)13-8-11(18-21(13)2)14-4-3-7-26-14/h3-4,7-8H,5-6,9H2,1-2H3,(H,24,25). The van der Waals surface area contributed by atoms with E-state index in [0.29, 0.717) is 24.2 Å². The highest BCUT2D eigenvalue weighted by Crippen LogP contribution is 2.26. The van der Waals surface area contributed by atoms with Crippen LogP contribution in [0.25, 0.3) is 10.6 Å². The minimum Gasteiger partial charge on any atom is -0.476 e. The molecule has 0 saturated carbocycles. The van der Waals surface area contributed by atoms with Crippen LogP contribution in [0.5, 0.6) is 0 Å². The lowest BCUT2D eigenvalue weighted by atomic mass is 10.0. The summed E-state index contributed by atoms with van der Waals surface area (Å²) in [6, 6.07) is 5.69. The summed E-state index contributed by atoms with van der Waals surface area (Å²) in [6.45, 7) is 0.757. The van der Waals surface area contributed by atoms with Crippen molar-refractivity contribution in [3.05, 3.63) is 46.2 Å². The Balaban J connectivity index is 1.64. The lowest BCUT2D eigenvalue weighted by Gasteiger charge is -2.27. The van der Waals surface area contributed by atoms with E-state index in [0.717, 1.165) is 16.3 Å². The van der Waals surface area contributed by atoms with E-state index < -0.39 is 5.97 Å². The van der Waals surface area contributed by atoms with Gasteiger partial charge in [0.1, 0.15) is 11.4 Å². The maximum Gasteiger partial charge on any atom is 0.356 e. The number of amides is 1. The van der Waals surface area contributed by atoms with Gasteiger partial charge in [-0.05, 0) is 17.5 Å². The first-order valence-electron chi connectivity index (χ1n) is 8.11. The number of aromatic carboxylic acids is 1. The highest BCUT2D eigenvalue weighted by molar-refractivity contribution is 7.13. The molecule has 0 aliphatic carbocycles. The Labute approximate surface area is 153 Å². The molecule has 8 nitrogen and oxygen atoms in total. The summed E-state index contributed by atoms with van der Waals surface area (Å²) in [5, 5.41) is 19.8. The van der Waals surface area contributed by atoms with E-state index in [4.69, 9.17) is 0 Å². The zero-order valence-corrected chi connectivity index (χ0v) is 15.2. The molecular weight excluding hydrogens is 354 g/mol. The second kappa shape index (κ2) is 6.10. The number of hydrogen-bond donors (Lipinski definition) is 1. The highest BCUT2D eigenvalue weighted by Gasteiger charge is 2.30. The second-order valence-electron chi connectivity index (χ2n) is 6.20. The van der Waals surface area contributed by atoms with Crippen LogP contribution < -0.4 is 0 Å². The maximum atomic E-state index is 13.0. The number of carbonyl (C=O) groups is 2. The number of hydrogen-bond acceptors (Lipinski definition) is 5. The fourth-order valence-corrected chi connectivity index (χ4v) is 3.99. The Morgan fingerprint density at radius 2 is 2.04 bits per heavy atom. The van der Waals surface area contributed by atoms with Gasteiger partial charge in [-0.3, -0.25) is 14.2 Å². The van der Waals surface area contributed by atoms with Crippen molar-refractivity contribution in [2.45, 2.75) is 13.0 Å². The molecule has 4 rings (SSSR count). The van der Waals surface area contributed by atoms with Gasteiger partial charge in [0.25, 0.3) is 5.91 Å². The Hall–Kier alpha value is -2.94. The van der Waals surface area contributed by atoms with Crippen LogP contribution in [-0.4, -0.2) is 48.0 Å². The second-order valence-corrected chi connectivity index (χ2v) is 7.14. The van der Waals surface area contributed by atoms with Gasteiger partial charge >= 0.3 is 5.97 Å². The van der Waals surface area contributed by atoms with Crippen LogP contribution in [0.2, 0.25) is 0 Å². The van der Waals surface area contributed by atoms with E-state index in [9.17, 15) is 14.7 Å². The van der Waals surface area contributed by atoms with Crippen molar-refractivity contribution in [3.8, 4) is 10.6 Å². The Kier molecular flexibility index (Phi) is 3.87. The summed E-state index contributed by atoms with van der Waals surface area (Å²) in [5.41, 5.74) is 2.74. The molecule has 0 radical (unpaired) electrons. The van der Waals surface area contributed by atoms with Gasteiger partial charge in [0.05, 0.1) is 11.4 Å². The summed E-state index contributed by atoms with van der Waals surface area (Å²) in [4.78, 5) is 27.1. The zero-order valence-electron chi connectivity index (χ0n) is 14.3. The Bertz CT molecular complexity index is 1000. The van der Waals surface area contributed by atoms with Crippen LogP contribution in [0.15, 0.2) is 23.6 Å². The molecule has 9 heteroatoms. The maximum absolute atomic E-state index is 13.0. The third-order valence-electron chi connectivity index (χ3n) is 4.60. The van der Waals surface area contributed by atoms with Crippen LogP contribution in [0.4, 0.5) is 0 Å². The highest BCUT2D eigenvalue weighted by atomic mass is 32.1. The Morgan fingerprint density at radius 3 is 2.73 bits per heavy atom. The Morgan fingerprint density at radius 1 is 1.23 bits per heavy atom. The first kappa shape index (κ1) is 16.5. The average Bonchev–Trinajstić information content (AvgIpc) is 3.33. The van der Waals surface area contributed by atoms with Gasteiger partial charge in [0.15, 0.2) is 5.69 Å². The summed E-state index contributed by atoms with van der Waals surface area (Å²) in [5.74, 6) is -1.23. The zero-order chi connectivity index (χ0) is 18.4. The first-order valence-corrected chi connectivity index (χ1v) is 8.99. The molecular formula is C17H17N5O3S. The predicted octanol–water partition coefficient (Wildman–Crippen LogP) is 1.78. The molecule has 0 spiro atoms. The van der Waals surface area contributed by atoms with Crippen molar-refractivity contribution in [1.29, 1.82) is 0 Å². The van der Waals surface area contributed by atoms with Gasteiger partial charge in [-0.2, -0.15) is 10.2 Å². The van der Waals surface area contributed by atoms with Crippen molar-refractivity contribution in [2.75, 3.05) is 6.54 Å². The number of fused-ring (bicyclic) bond motifs is 1. The molecule has 0 bridgehead atoms. The molecule has 4 heterocycles. The van der Waals surface area contributed by atoms with Crippen molar-refractivity contribution >= 4 is 23.2 Å². The van der Waals surface area contributed by atoms with Crippen LogP contribution in [-0.2, 0) is 27.1 Å². The average molecular weight is 371 g/mol. The van der Waals surface area contributed by atoms with Gasteiger partial charge in [0, 0.05) is 38.3 Å². The molecule has 1 aliphatic rings. The number of carboxylic acids is 1. The first-order chi connectivity index (χ1) is 12.5. The summed E-state index contributed by atoms with van der Waals surface area (Å²) < 4.78 is 3.17. The number of rotatable bonds is 3. The topological polar surface area (TPSA) is 93.2 Å². The molecule has 3 aromatic rings. The normalized spacial score (nSPS) is 13.7. The van der Waals surface area contributed by atoms with Crippen LogP contribution >= 0.6 is 11.3 Å². The van der Waals surface area contributed by atoms with Crippen LogP contribution in [0.1, 0.15) is 32.2 Å². The molecule has 1 amide bonds. The van der Waals surface area contributed by atoms with Crippen molar-refractivity contribution in [2.24, 2.45) is 14.1 Å². The van der Waals surface area contributed by atoms with E-state index in [-0.39, 0.29) is 18.1 Å². The quantitative estimate of drug-likeness (QED) is 0.757. The number of aromatic nitrogens is 4. The lowest BCUT2D eigenvalue weighted by Crippen LogP contribution is -2.37. The van der Waals surface area contributed by atoms with Gasteiger partial charge in [-0.1, -0.05) is 6.07 Å². The summed E-state index contributed by atoms with van der Waals surface area (Å²) >= 11 is 1.57. The van der Waals surface area contributed by atoms with E-state index in [1.165, 1.54) is 0 Å². The fraction of sp³-hybridized carbons (Fsp3) is 0.294. The number of carboxylic acid groups (broad SMARTS) is 1. The summed E-state index contributed by atoms with van der Waals surface area (Å²) in [7, 11) is 3.48. The van der Waals surface area contributed by atoms with E-state index in [1.54, 1.807) is 45.8 Å². The van der Waals surface area contributed by atoms with E-state index in [2.05, 4.69) is 10.2 Å². The third-order valence-corrected chi connectivity index (χ3v) is 5.50. The van der Waals surface area contributed by atoms with Crippen molar-refractivity contribution in [3.63, 3.8) is 0 Å². The smallest absolute Gasteiger partial charge is 0.356 e. The minimum absolute atomic E-state index is 0.0179. The molecule has 0 aromatic carbocycles. The third kappa shape index (κ3) is 2.60. The van der Waals surface area contributed by atoms with E-state index >= 15 is 0 Å². The SMILES string of the molecule is Cn1nc(-c2cccs2)cc1C(=O)N1CCc2c(c(C(=O)O)nn2C)C1. The van der Waals surface area contributed by atoms with Gasteiger partial charge in [0.2, 0.25) is 0 Å². The number of carbonyl (C=O) groups excluding carboxylic acids is 1. The van der Waals surface area contributed by atoms with Crippen molar-refractivity contribution in [1.82, 2.24) is 24.5 Å². The molecule has 134 valence electrons. The molecule has 26 heavy (non-hydrogen) atoms. The molecule has 1 aliphatic heterocycles. The largest absolute Gasteiger partial charge is 0.476 e. The van der Waals surface area contributed by atoms with Crippen LogP contribution in [0, 0.1) is 0 Å². The van der Waals surface area contributed by atoms with Gasteiger partial charge in [-0.25, -0.2) is 4.79 Å². The molecule has 0 fully saturated rings. The molecule has 0 atom stereocenters. The predicted molar refractivity (Wildman–Crippen MR) is 95.1 cm³/mol. The minimum atomic E-state index is -1.07. The van der Waals surface area contributed by atoms with E-state index in [1.807, 2.05) is 17.5 Å². The number of aryl methyl sites for hydroxylation is 2. The van der Waals surface area contributed by atoms with Crippen molar-refractivity contribution < 1.29 is 14.7 Å². The molecule has 0 saturated heterocycles. The molecule has 1 N–H and O–H groups in total.